The average molecular weight is 263 g/mol. The molecule has 0 atom stereocenters. The third-order valence-electron chi connectivity index (χ3n) is 3.57. The summed E-state index contributed by atoms with van der Waals surface area (Å²) in [6, 6.07) is 4.31. The molecule has 0 aromatic heterocycles. The second kappa shape index (κ2) is 5.82. The van der Waals surface area contributed by atoms with Gasteiger partial charge < -0.3 is 4.74 Å². The lowest BCUT2D eigenvalue weighted by Gasteiger charge is -2.26. The van der Waals surface area contributed by atoms with Gasteiger partial charge in [0.05, 0.1) is 11.0 Å². The lowest BCUT2D eigenvalue weighted by atomic mass is 9.89. The Labute approximate surface area is 111 Å². The van der Waals surface area contributed by atoms with E-state index in [1.54, 1.807) is 6.07 Å². The lowest BCUT2D eigenvalue weighted by Crippen LogP contribution is -2.23. The highest BCUT2D eigenvalue weighted by atomic mass is 16.6. The van der Waals surface area contributed by atoms with E-state index in [2.05, 4.69) is 6.92 Å². The van der Waals surface area contributed by atoms with Gasteiger partial charge in [-0.25, -0.2) is 0 Å². The third kappa shape index (κ3) is 3.30. The summed E-state index contributed by atoms with van der Waals surface area (Å²) in [5, 5.41) is 11.0. The number of carbonyl (C=O) groups is 1. The summed E-state index contributed by atoms with van der Waals surface area (Å²) in [7, 11) is 0. The molecule has 5 nitrogen and oxygen atoms in total. The van der Waals surface area contributed by atoms with Crippen LogP contribution < -0.4 is 4.74 Å². The van der Waals surface area contributed by atoms with Crippen LogP contribution in [0, 0.1) is 16.0 Å². The molecule has 1 aromatic rings. The van der Waals surface area contributed by atoms with Gasteiger partial charge >= 0.3 is 5.69 Å². The molecule has 102 valence electrons. The average Bonchev–Trinajstić information content (AvgIpc) is 2.41. The topological polar surface area (TPSA) is 69.4 Å². The first-order valence-electron chi connectivity index (χ1n) is 6.50. The van der Waals surface area contributed by atoms with Crippen molar-refractivity contribution < 1.29 is 14.5 Å². The fraction of sp³-hybridized carbons (Fsp3) is 0.500. The van der Waals surface area contributed by atoms with Gasteiger partial charge in [-0.1, -0.05) is 6.92 Å². The second-order valence-corrected chi connectivity index (χ2v) is 5.10. The van der Waals surface area contributed by atoms with E-state index >= 15 is 0 Å². The molecule has 1 aliphatic rings. The summed E-state index contributed by atoms with van der Waals surface area (Å²) >= 11 is 0. The van der Waals surface area contributed by atoms with Crippen molar-refractivity contribution in [3.8, 4) is 5.75 Å². The summed E-state index contributed by atoms with van der Waals surface area (Å²) in [6.07, 6.45) is 4.66. The number of nitro benzene ring substituents is 1. The highest BCUT2D eigenvalue weighted by Crippen LogP contribution is 2.32. The predicted molar refractivity (Wildman–Crippen MR) is 70.5 cm³/mol. The molecule has 0 aliphatic heterocycles. The van der Waals surface area contributed by atoms with Gasteiger partial charge in [0.2, 0.25) is 0 Å². The Hall–Kier alpha value is -1.91. The molecule has 1 aliphatic carbocycles. The second-order valence-electron chi connectivity index (χ2n) is 5.10. The number of aldehydes is 1. The molecular weight excluding hydrogens is 246 g/mol. The van der Waals surface area contributed by atoms with Crippen molar-refractivity contribution >= 4 is 12.0 Å². The third-order valence-corrected chi connectivity index (χ3v) is 3.57. The van der Waals surface area contributed by atoms with Crippen LogP contribution in [0.4, 0.5) is 5.69 Å². The van der Waals surface area contributed by atoms with Crippen LogP contribution in [0.5, 0.6) is 5.75 Å². The van der Waals surface area contributed by atoms with Crippen LogP contribution in [-0.4, -0.2) is 17.3 Å². The summed E-state index contributed by atoms with van der Waals surface area (Å²) in [5.74, 6) is 0.961. The number of benzene rings is 1. The quantitative estimate of drug-likeness (QED) is 0.474. The van der Waals surface area contributed by atoms with E-state index in [0.717, 1.165) is 25.7 Å². The van der Waals surface area contributed by atoms with Crippen molar-refractivity contribution in [3.63, 3.8) is 0 Å². The largest absolute Gasteiger partial charge is 0.484 e. The fourth-order valence-electron chi connectivity index (χ4n) is 2.38. The summed E-state index contributed by atoms with van der Waals surface area (Å²) in [5.41, 5.74) is 0.152. The molecule has 0 amide bonds. The maximum absolute atomic E-state index is 11.0. The number of ether oxygens (including phenoxy) is 1. The minimum atomic E-state index is -0.506. The van der Waals surface area contributed by atoms with Crippen LogP contribution in [0.3, 0.4) is 0 Å². The van der Waals surface area contributed by atoms with Gasteiger partial charge in [0.15, 0.2) is 5.75 Å². The van der Waals surface area contributed by atoms with E-state index in [0.29, 0.717) is 12.2 Å². The number of rotatable bonds is 4. The molecule has 0 radical (unpaired) electrons. The van der Waals surface area contributed by atoms with Gasteiger partial charge in [0.1, 0.15) is 6.29 Å². The van der Waals surface area contributed by atoms with Crippen molar-refractivity contribution in [3.05, 3.63) is 33.9 Å². The minimum Gasteiger partial charge on any atom is -0.484 e. The van der Waals surface area contributed by atoms with Crippen molar-refractivity contribution in [2.24, 2.45) is 5.92 Å². The van der Waals surface area contributed by atoms with Crippen molar-refractivity contribution in [1.82, 2.24) is 0 Å². The first-order valence-corrected chi connectivity index (χ1v) is 6.50. The van der Waals surface area contributed by atoms with Crippen molar-refractivity contribution in [2.75, 3.05) is 0 Å². The van der Waals surface area contributed by atoms with Crippen LogP contribution in [0.2, 0.25) is 0 Å². The lowest BCUT2D eigenvalue weighted by molar-refractivity contribution is -0.386. The molecule has 0 bridgehead atoms. The van der Waals surface area contributed by atoms with E-state index in [9.17, 15) is 14.9 Å². The Morgan fingerprint density at radius 3 is 2.58 bits per heavy atom. The van der Waals surface area contributed by atoms with Gasteiger partial charge in [0.25, 0.3) is 0 Å². The van der Waals surface area contributed by atoms with Gasteiger partial charge in [-0.2, -0.15) is 0 Å². The molecule has 5 heteroatoms. The first-order chi connectivity index (χ1) is 9.10. The number of nitro groups is 1. The Kier molecular flexibility index (Phi) is 4.14. The summed E-state index contributed by atoms with van der Waals surface area (Å²) in [4.78, 5) is 21.1. The van der Waals surface area contributed by atoms with E-state index in [1.807, 2.05) is 0 Å². The molecule has 1 aromatic carbocycles. The van der Waals surface area contributed by atoms with Gasteiger partial charge in [-0.15, -0.1) is 0 Å². The van der Waals surface area contributed by atoms with E-state index in [1.165, 1.54) is 12.1 Å². The monoisotopic (exact) mass is 263 g/mol. The number of carbonyl (C=O) groups excluding carboxylic acids is 1. The smallest absolute Gasteiger partial charge is 0.311 e. The number of nitrogens with zero attached hydrogens (tertiary/aromatic N) is 1. The highest BCUT2D eigenvalue weighted by Gasteiger charge is 2.23. The Morgan fingerprint density at radius 2 is 2.00 bits per heavy atom. The molecule has 0 N–H and O–H groups in total. The Bertz CT molecular complexity index is 478. The normalized spacial score (nSPS) is 22.8. The maximum Gasteiger partial charge on any atom is 0.311 e. The van der Waals surface area contributed by atoms with Crippen LogP contribution >= 0.6 is 0 Å². The van der Waals surface area contributed by atoms with E-state index < -0.39 is 4.92 Å². The number of hydrogen-bond acceptors (Lipinski definition) is 4. The molecule has 0 spiro atoms. The van der Waals surface area contributed by atoms with Crippen LogP contribution in [0.25, 0.3) is 0 Å². The summed E-state index contributed by atoms with van der Waals surface area (Å²) in [6.45, 7) is 2.21. The zero-order valence-corrected chi connectivity index (χ0v) is 10.9. The van der Waals surface area contributed by atoms with Crippen LogP contribution in [0.1, 0.15) is 43.0 Å². The molecule has 0 unspecified atom stereocenters. The number of hydrogen-bond donors (Lipinski definition) is 0. The highest BCUT2D eigenvalue weighted by molar-refractivity contribution is 5.77. The maximum atomic E-state index is 11.0. The zero-order chi connectivity index (χ0) is 13.8. The zero-order valence-electron chi connectivity index (χ0n) is 10.9. The Morgan fingerprint density at radius 1 is 1.32 bits per heavy atom. The van der Waals surface area contributed by atoms with Gasteiger partial charge in [0, 0.05) is 11.6 Å². The Balaban J connectivity index is 2.15. The molecule has 1 saturated carbocycles. The molecule has 2 rings (SSSR count). The predicted octanol–water partition coefficient (Wildman–Crippen LogP) is 3.36. The van der Waals surface area contributed by atoms with E-state index in [4.69, 9.17) is 4.74 Å². The molecule has 19 heavy (non-hydrogen) atoms. The minimum absolute atomic E-state index is 0.0389. The fourth-order valence-corrected chi connectivity index (χ4v) is 2.38. The molecule has 1 fully saturated rings. The van der Waals surface area contributed by atoms with Gasteiger partial charge in [-0.05, 0) is 43.7 Å². The van der Waals surface area contributed by atoms with Gasteiger partial charge in [-0.3, -0.25) is 14.9 Å². The van der Waals surface area contributed by atoms with Crippen molar-refractivity contribution in [1.29, 1.82) is 0 Å². The first kappa shape index (κ1) is 13.5. The molecular formula is C14H17NO4. The van der Waals surface area contributed by atoms with Crippen LogP contribution in [0.15, 0.2) is 18.2 Å². The SMILES string of the molecule is CC1CCC(Oc2ccc(C=O)cc2[N+](=O)[O-])CC1. The molecule has 0 heterocycles. The van der Waals surface area contributed by atoms with Crippen molar-refractivity contribution in [2.45, 2.75) is 38.7 Å². The standard InChI is InChI=1S/C14H17NO4/c1-10-2-5-12(6-3-10)19-14-7-4-11(9-16)8-13(14)15(17)18/h4,7-10,12H,2-3,5-6H2,1H3. The van der Waals surface area contributed by atoms with Crippen LogP contribution in [-0.2, 0) is 0 Å². The summed E-state index contributed by atoms with van der Waals surface area (Å²) < 4.78 is 5.74. The molecule has 0 saturated heterocycles. The van der Waals surface area contributed by atoms with E-state index in [-0.39, 0.29) is 23.1 Å².